The molecule has 0 aliphatic carbocycles. The van der Waals surface area contributed by atoms with E-state index in [1.807, 2.05) is 24.3 Å². The summed E-state index contributed by atoms with van der Waals surface area (Å²) < 4.78 is 16.8. The lowest BCUT2D eigenvalue weighted by molar-refractivity contribution is -0.132. The molecule has 1 atom stereocenters. The van der Waals surface area contributed by atoms with Crippen LogP contribution < -0.4 is 24.0 Å². The average molecular weight is 515 g/mol. The Morgan fingerprint density at radius 3 is 2.34 bits per heavy atom. The Kier molecular flexibility index (Phi) is 6.96. The summed E-state index contributed by atoms with van der Waals surface area (Å²) in [5.74, 6) is -0.327. The van der Waals surface area contributed by atoms with Crippen LogP contribution in [0, 0.1) is 0 Å². The molecule has 0 spiro atoms. The number of benzene rings is 3. The number of fused-ring (bicyclic) bond motifs is 1. The van der Waals surface area contributed by atoms with Gasteiger partial charge in [0.2, 0.25) is 0 Å². The van der Waals surface area contributed by atoms with Gasteiger partial charge in [-0.05, 0) is 61.9 Å². The second-order valence-corrected chi connectivity index (χ2v) is 8.96. The molecule has 38 heavy (non-hydrogen) atoms. The molecular formula is C30H30N2O6. The summed E-state index contributed by atoms with van der Waals surface area (Å²) in [5.41, 5.74) is 2.51. The second-order valence-electron chi connectivity index (χ2n) is 8.96. The maximum absolute atomic E-state index is 13.5. The van der Waals surface area contributed by atoms with E-state index in [-0.39, 0.29) is 11.3 Å². The van der Waals surface area contributed by atoms with Crippen LogP contribution in [-0.2, 0) is 9.59 Å². The molecule has 8 heteroatoms. The largest absolute Gasteiger partial charge is 0.507 e. The fraction of sp³-hybridized carbons (Fsp3) is 0.267. The van der Waals surface area contributed by atoms with Crippen LogP contribution in [0.3, 0.4) is 0 Å². The molecule has 2 heterocycles. The Bertz CT molecular complexity index is 1390. The van der Waals surface area contributed by atoms with Crippen LogP contribution in [0.2, 0.25) is 0 Å². The van der Waals surface area contributed by atoms with Crippen molar-refractivity contribution in [2.75, 3.05) is 43.2 Å². The topological polar surface area (TPSA) is 88.5 Å². The van der Waals surface area contributed by atoms with Crippen molar-refractivity contribution >= 4 is 28.8 Å². The van der Waals surface area contributed by atoms with Gasteiger partial charge in [-0.1, -0.05) is 24.3 Å². The van der Waals surface area contributed by atoms with Crippen LogP contribution >= 0.6 is 0 Å². The predicted octanol–water partition coefficient (Wildman–Crippen LogP) is 4.94. The Hall–Kier alpha value is -4.46. The predicted molar refractivity (Wildman–Crippen MR) is 145 cm³/mol. The van der Waals surface area contributed by atoms with Crippen molar-refractivity contribution in [2.45, 2.75) is 19.9 Å². The lowest BCUT2D eigenvalue weighted by atomic mass is 9.94. The number of hydrogen-bond acceptors (Lipinski definition) is 7. The highest BCUT2D eigenvalue weighted by Crippen LogP contribution is 2.45. The van der Waals surface area contributed by atoms with Crippen LogP contribution in [0.15, 0.2) is 72.3 Å². The molecule has 1 saturated heterocycles. The van der Waals surface area contributed by atoms with Crippen molar-refractivity contribution in [2.24, 2.45) is 0 Å². The van der Waals surface area contributed by atoms with Gasteiger partial charge in [-0.25, -0.2) is 0 Å². The first kappa shape index (κ1) is 25.2. The Balaban J connectivity index is 1.68. The highest BCUT2D eigenvalue weighted by Gasteiger charge is 2.47. The van der Waals surface area contributed by atoms with Crippen molar-refractivity contribution in [1.82, 2.24) is 0 Å². The van der Waals surface area contributed by atoms with E-state index < -0.39 is 17.7 Å². The van der Waals surface area contributed by atoms with Gasteiger partial charge < -0.3 is 24.2 Å². The summed E-state index contributed by atoms with van der Waals surface area (Å²) in [6, 6.07) is 18.8. The van der Waals surface area contributed by atoms with E-state index in [2.05, 4.69) is 18.7 Å². The molecule has 3 aromatic carbocycles. The fourth-order valence-corrected chi connectivity index (χ4v) is 5.03. The number of carbonyl (C=O) groups is 2. The van der Waals surface area contributed by atoms with Gasteiger partial charge in [-0.15, -0.1) is 0 Å². The standard InChI is InChI=1S/C30H30N2O6/c1-4-31(5-2)21-13-10-19(11-14-21)27-26(28(33)20-12-15-24-25(18-20)38-17-16-37-24)29(34)30(35)32(27)22-8-6-7-9-23(22)36-3/h6-15,18,27,33H,4-5,16-17H2,1-3H3/b28-26-. The quantitative estimate of drug-likeness (QED) is 0.271. The molecule has 1 fully saturated rings. The lowest BCUT2D eigenvalue weighted by Crippen LogP contribution is -2.30. The number of amides is 1. The third-order valence-corrected chi connectivity index (χ3v) is 6.94. The van der Waals surface area contributed by atoms with Crippen molar-refractivity contribution in [3.63, 3.8) is 0 Å². The van der Waals surface area contributed by atoms with Gasteiger partial charge in [0.1, 0.15) is 24.7 Å². The SMILES string of the molecule is CCN(CC)c1ccc(C2/C(=C(/O)c3ccc4c(c3)OCCO4)C(=O)C(=O)N2c2ccccc2OC)cc1. The Morgan fingerprint density at radius 1 is 0.974 bits per heavy atom. The maximum atomic E-state index is 13.5. The summed E-state index contributed by atoms with van der Waals surface area (Å²) in [6.45, 7) is 6.68. The average Bonchev–Trinajstić information content (AvgIpc) is 3.23. The zero-order chi connectivity index (χ0) is 26.8. The molecule has 2 aliphatic heterocycles. The zero-order valence-electron chi connectivity index (χ0n) is 21.6. The Morgan fingerprint density at radius 2 is 1.66 bits per heavy atom. The third-order valence-electron chi connectivity index (χ3n) is 6.94. The van der Waals surface area contributed by atoms with Gasteiger partial charge in [-0.2, -0.15) is 0 Å². The molecule has 3 aromatic rings. The van der Waals surface area contributed by atoms with Crippen molar-refractivity contribution in [3.8, 4) is 17.2 Å². The van der Waals surface area contributed by atoms with Gasteiger partial charge in [-0.3, -0.25) is 14.5 Å². The first-order chi connectivity index (χ1) is 18.5. The number of aliphatic hydroxyl groups excluding tert-OH is 1. The number of hydrogen-bond donors (Lipinski definition) is 1. The number of methoxy groups -OCH3 is 1. The summed E-state index contributed by atoms with van der Waals surface area (Å²) in [6.07, 6.45) is 0. The minimum absolute atomic E-state index is 0.00632. The molecule has 8 nitrogen and oxygen atoms in total. The molecule has 196 valence electrons. The minimum atomic E-state index is -0.870. The fourth-order valence-electron chi connectivity index (χ4n) is 5.03. The molecule has 1 N–H and O–H groups in total. The van der Waals surface area contributed by atoms with Crippen LogP contribution in [-0.4, -0.2) is 50.2 Å². The monoisotopic (exact) mass is 514 g/mol. The summed E-state index contributed by atoms with van der Waals surface area (Å²) in [5, 5.41) is 11.5. The van der Waals surface area contributed by atoms with E-state index >= 15 is 0 Å². The third kappa shape index (κ3) is 4.32. The summed E-state index contributed by atoms with van der Waals surface area (Å²) >= 11 is 0. The smallest absolute Gasteiger partial charge is 0.300 e. The van der Waals surface area contributed by atoms with E-state index in [9.17, 15) is 14.7 Å². The molecule has 5 rings (SSSR count). The normalized spacial score (nSPS) is 18.0. The number of aliphatic hydroxyl groups is 1. The molecule has 2 aliphatic rings. The maximum Gasteiger partial charge on any atom is 0.300 e. The first-order valence-corrected chi connectivity index (χ1v) is 12.7. The number of carbonyl (C=O) groups excluding carboxylic acids is 2. The van der Waals surface area contributed by atoms with Crippen LogP contribution in [0.25, 0.3) is 5.76 Å². The number of anilines is 2. The number of ketones is 1. The molecule has 1 unspecified atom stereocenters. The highest BCUT2D eigenvalue weighted by atomic mass is 16.6. The van der Waals surface area contributed by atoms with E-state index in [0.717, 1.165) is 18.8 Å². The van der Waals surface area contributed by atoms with Gasteiger partial charge in [0.25, 0.3) is 11.7 Å². The van der Waals surface area contributed by atoms with Gasteiger partial charge in [0, 0.05) is 24.3 Å². The van der Waals surface area contributed by atoms with E-state index in [0.29, 0.717) is 47.3 Å². The lowest BCUT2D eigenvalue weighted by Gasteiger charge is -2.27. The number of Topliss-reactive ketones (excluding diaryl/α,β-unsaturated/α-hetero) is 1. The number of para-hydroxylation sites is 2. The number of nitrogens with zero attached hydrogens (tertiary/aromatic N) is 2. The van der Waals surface area contributed by atoms with E-state index in [4.69, 9.17) is 14.2 Å². The Labute approximate surface area is 221 Å². The first-order valence-electron chi connectivity index (χ1n) is 12.7. The van der Waals surface area contributed by atoms with Crippen LogP contribution in [0.5, 0.6) is 17.2 Å². The van der Waals surface area contributed by atoms with Gasteiger partial charge in [0.15, 0.2) is 11.5 Å². The van der Waals surface area contributed by atoms with Gasteiger partial charge >= 0.3 is 0 Å². The number of rotatable bonds is 7. The molecule has 0 aromatic heterocycles. The van der Waals surface area contributed by atoms with Gasteiger partial charge in [0.05, 0.1) is 24.4 Å². The van der Waals surface area contributed by atoms with Crippen LogP contribution in [0.4, 0.5) is 11.4 Å². The molecule has 0 radical (unpaired) electrons. The zero-order valence-corrected chi connectivity index (χ0v) is 21.6. The van der Waals surface area contributed by atoms with E-state index in [1.165, 1.54) is 12.0 Å². The molecular weight excluding hydrogens is 484 g/mol. The summed E-state index contributed by atoms with van der Waals surface area (Å²) in [7, 11) is 1.51. The van der Waals surface area contributed by atoms with E-state index in [1.54, 1.807) is 42.5 Å². The number of ether oxygens (including phenoxy) is 3. The van der Waals surface area contributed by atoms with Crippen molar-refractivity contribution < 1.29 is 28.9 Å². The summed E-state index contributed by atoms with van der Waals surface area (Å²) in [4.78, 5) is 30.7. The second kappa shape index (κ2) is 10.5. The van der Waals surface area contributed by atoms with Crippen molar-refractivity contribution in [1.29, 1.82) is 0 Å². The van der Waals surface area contributed by atoms with Crippen LogP contribution in [0.1, 0.15) is 31.0 Å². The highest BCUT2D eigenvalue weighted by molar-refractivity contribution is 6.52. The molecule has 0 saturated carbocycles. The molecule has 1 amide bonds. The van der Waals surface area contributed by atoms with Crippen molar-refractivity contribution in [3.05, 3.63) is 83.4 Å². The molecule has 0 bridgehead atoms. The minimum Gasteiger partial charge on any atom is -0.507 e.